The Kier molecular flexibility index (Phi) is 3.31. The Bertz CT molecular complexity index is 615. The van der Waals surface area contributed by atoms with Gasteiger partial charge in [-0.3, -0.25) is 9.48 Å². The standard InChI is InChI=1S/C15H17N3O/c19-15(17-13-7-2-1-3-8-13)11-18-14-9-5-4-6-12(14)10-16-18/h2,4-7,9-10,13H,1,3,8,11H2,(H,17,19). The third-order valence-electron chi connectivity index (χ3n) is 3.45. The molecule has 3 rings (SSSR count). The molecule has 1 amide bonds. The molecule has 1 heterocycles. The first-order valence-electron chi connectivity index (χ1n) is 6.69. The summed E-state index contributed by atoms with van der Waals surface area (Å²) in [5.41, 5.74) is 0.997. The van der Waals surface area contributed by atoms with Gasteiger partial charge in [0.2, 0.25) is 5.91 Å². The number of hydrogen-bond donors (Lipinski definition) is 1. The molecule has 0 bridgehead atoms. The minimum Gasteiger partial charge on any atom is -0.348 e. The second kappa shape index (κ2) is 5.26. The molecule has 1 aromatic carbocycles. The molecule has 19 heavy (non-hydrogen) atoms. The highest BCUT2D eigenvalue weighted by molar-refractivity contribution is 5.82. The number of nitrogens with zero attached hydrogens (tertiary/aromatic N) is 2. The molecule has 1 aliphatic carbocycles. The minimum atomic E-state index is 0.0189. The fourth-order valence-corrected chi connectivity index (χ4v) is 2.47. The molecule has 1 atom stereocenters. The number of para-hydroxylation sites is 1. The van der Waals surface area contributed by atoms with E-state index in [-0.39, 0.29) is 18.5 Å². The lowest BCUT2D eigenvalue weighted by Crippen LogP contribution is -2.36. The van der Waals surface area contributed by atoms with Crippen molar-refractivity contribution in [3.05, 3.63) is 42.6 Å². The molecule has 4 nitrogen and oxygen atoms in total. The van der Waals surface area contributed by atoms with Crippen LogP contribution < -0.4 is 5.32 Å². The number of benzene rings is 1. The Morgan fingerprint density at radius 3 is 3.16 bits per heavy atom. The van der Waals surface area contributed by atoms with Crippen LogP contribution in [0.15, 0.2) is 42.6 Å². The highest BCUT2D eigenvalue weighted by atomic mass is 16.2. The minimum absolute atomic E-state index is 0.0189. The molecule has 0 aliphatic heterocycles. The number of amides is 1. The van der Waals surface area contributed by atoms with Crippen LogP contribution in [0.1, 0.15) is 19.3 Å². The van der Waals surface area contributed by atoms with Crippen molar-refractivity contribution in [1.82, 2.24) is 15.1 Å². The highest BCUT2D eigenvalue weighted by Gasteiger charge is 2.13. The summed E-state index contributed by atoms with van der Waals surface area (Å²) in [6.07, 6.45) is 9.31. The summed E-state index contributed by atoms with van der Waals surface area (Å²) < 4.78 is 1.75. The topological polar surface area (TPSA) is 46.9 Å². The van der Waals surface area contributed by atoms with Crippen LogP contribution in [0.4, 0.5) is 0 Å². The zero-order chi connectivity index (χ0) is 13.1. The lowest BCUT2D eigenvalue weighted by atomic mass is 10.0. The molecule has 0 fully saturated rings. The van der Waals surface area contributed by atoms with Crippen molar-refractivity contribution in [3.63, 3.8) is 0 Å². The summed E-state index contributed by atoms with van der Waals surface area (Å²) in [7, 11) is 0. The van der Waals surface area contributed by atoms with Gasteiger partial charge in [0.25, 0.3) is 0 Å². The van der Waals surface area contributed by atoms with E-state index >= 15 is 0 Å². The van der Waals surface area contributed by atoms with Gasteiger partial charge in [0.05, 0.1) is 11.7 Å². The lowest BCUT2D eigenvalue weighted by molar-refractivity contribution is -0.122. The lowest BCUT2D eigenvalue weighted by Gasteiger charge is -2.18. The quantitative estimate of drug-likeness (QED) is 0.855. The van der Waals surface area contributed by atoms with Crippen molar-refractivity contribution < 1.29 is 4.79 Å². The average molecular weight is 255 g/mol. The van der Waals surface area contributed by atoms with E-state index in [1.54, 1.807) is 10.9 Å². The van der Waals surface area contributed by atoms with E-state index in [0.717, 1.165) is 30.2 Å². The van der Waals surface area contributed by atoms with Gasteiger partial charge in [-0.1, -0.05) is 30.4 Å². The molecule has 1 aliphatic rings. The molecule has 0 spiro atoms. The van der Waals surface area contributed by atoms with Crippen molar-refractivity contribution in [2.75, 3.05) is 0 Å². The number of hydrogen-bond acceptors (Lipinski definition) is 2. The third-order valence-corrected chi connectivity index (χ3v) is 3.45. The molecule has 4 heteroatoms. The van der Waals surface area contributed by atoms with Gasteiger partial charge in [0.15, 0.2) is 0 Å². The van der Waals surface area contributed by atoms with E-state index in [9.17, 15) is 4.79 Å². The van der Waals surface area contributed by atoms with Crippen LogP contribution in [-0.2, 0) is 11.3 Å². The van der Waals surface area contributed by atoms with E-state index in [1.165, 1.54) is 0 Å². The van der Waals surface area contributed by atoms with Crippen LogP contribution in [0.3, 0.4) is 0 Å². The number of nitrogens with one attached hydrogen (secondary N) is 1. The summed E-state index contributed by atoms with van der Waals surface area (Å²) in [5, 5.41) is 8.36. The normalized spacial score (nSPS) is 18.6. The SMILES string of the molecule is O=C(Cn1ncc2ccccc21)NC1C=CCCC1. The molecule has 98 valence electrons. The van der Waals surface area contributed by atoms with Gasteiger partial charge in [-0.25, -0.2) is 0 Å². The van der Waals surface area contributed by atoms with Crippen molar-refractivity contribution in [3.8, 4) is 0 Å². The molecule has 2 aromatic rings. The van der Waals surface area contributed by atoms with Crippen molar-refractivity contribution in [2.24, 2.45) is 0 Å². The first kappa shape index (κ1) is 12.0. The monoisotopic (exact) mass is 255 g/mol. The molecular formula is C15H17N3O. The Morgan fingerprint density at radius 1 is 1.42 bits per heavy atom. The summed E-state index contributed by atoms with van der Waals surface area (Å²) in [6, 6.07) is 8.10. The zero-order valence-electron chi connectivity index (χ0n) is 10.7. The Balaban J connectivity index is 1.69. The number of carbonyl (C=O) groups excluding carboxylic acids is 1. The second-order valence-corrected chi connectivity index (χ2v) is 4.89. The van der Waals surface area contributed by atoms with E-state index in [0.29, 0.717) is 0 Å². The summed E-state index contributed by atoms with van der Waals surface area (Å²) in [4.78, 5) is 12.0. The summed E-state index contributed by atoms with van der Waals surface area (Å²) in [5.74, 6) is 0.0189. The summed E-state index contributed by atoms with van der Waals surface area (Å²) >= 11 is 0. The van der Waals surface area contributed by atoms with Crippen molar-refractivity contribution in [2.45, 2.75) is 31.8 Å². The largest absolute Gasteiger partial charge is 0.348 e. The maximum atomic E-state index is 12.0. The smallest absolute Gasteiger partial charge is 0.242 e. The number of fused-ring (bicyclic) bond motifs is 1. The van der Waals surface area contributed by atoms with Crippen LogP contribution in [0, 0.1) is 0 Å². The van der Waals surface area contributed by atoms with E-state index < -0.39 is 0 Å². The van der Waals surface area contributed by atoms with Gasteiger partial charge in [-0.15, -0.1) is 0 Å². The first-order chi connectivity index (χ1) is 9.33. The van der Waals surface area contributed by atoms with Crippen LogP contribution >= 0.6 is 0 Å². The molecule has 1 aromatic heterocycles. The van der Waals surface area contributed by atoms with E-state index in [2.05, 4.69) is 22.6 Å². The molecule has 1 unspecified atom stereocenters. The van der Waals surface area contributed by atoms with Gasteiger partial charge >= 0.3 is 0 Å². The van der Waals surface area contributed by atoms with Crippen molar-refractivity contribution in [1.29, 1.82) is 0 Å². The van der Waals surface area contributed by atoms with E-state index in [4.69, 9.17) is 0 Å². The maximum Gasteiger partial charge on any atom is 0.242 e. The van der Waals surface area contributed by atoms with Gasteiger partial charge in [0.1, 0.15) is 6.54 Å². The van der Waals surface area contributed by atoms with E-state index in [1.807, 2.05) is 24.3 Å². The average Bonchev–Trinajstić information content (AvgIpc) is 2.83. The van der Waals surface area contributed by atoms with Crippen LogP contribution in [0.2, 0.25) is 0 Å². The zero-order valence-corrected chi connectivity index (χ0v) is 10.7. The maximum absolute atomic E-state index is 12.0. The molecule has 0 saturated carbocycles. The predicted molar refractivity (Wildman–Crippen MR) is 74.7 cm³/mol. The molecule has 0 saturated heterocycles. The molecule has 1 N–H and O–H groups in total. The Hall–Kier alpha value is -2.10. The fourth-order valence-electron chi connectivity index (χ4n) is 2.47. The Morgan fingerprint density at radius 2 is 2.32 bits per heavy atom. The molecule has 0 radical (unpaired) electrons. The number of allylic oxidation sites excluding steroid dienone is 1. The first-order valence-corrected chi connectivity index (χ1v) is 6.69. The number of rotatable bonds is 3. The predicted octanol–water partition coefficient (Wildman–Crippen LogP) is 2.26. The van der Waals surface area contributed by atoms with Gasteiger partial charge in [-0.05, 0) is 25.3 Å². The highest BCUT2D eigenvalue weighted by Crippen LogP contribution is 2.13. The fraction of sp³-hybridized carbons (Fsp3) is 0.333. The number of aromatic nitrogens is 2. The summed E-state index contributed by atoms with van der Waals surface area (Å²) in [6.45, 7) is 0.276. The number of carbonyl (C=O) groups is 1. The van der Waals surface area contributed by atoms with Crippen LogP contribution in [-0.4, -0.2) is 21.7 Å². The second-order valence-electron chi connectivity index (χ2n) is 4.89. The van der Waals surface area contributed by atoms with Crippen molar-refractivity contribution >= 4 is 16.8 Å². The van der Waals surface area contributed by atoms with Crippen LogP contribution in [0.5, 0.6) is 0 Å². The Labute approximate surface area is 112 Å². The van der Waals surface area contributed by atoms with Crippen LogP contribution in [0.25, 0.3) is 10.9 Å². The van der Waals surface area contributed by atoms with Gasteiger partial charge in [-0.2, -0.15) is 5.10 Å². The van der Waals surface area contributed by atoms with Gasteiger partial charge < -0.3 is 5.32 Å². The third kappa shape index (κ3) is 2.67. The molecular weight excluding hydrogens is 238 g/mol. The van der Waals surface area contributed by atoms with Gasteiger partial charge in [0, 0.05) is 11.4 Å².